The Morgan fingerprint density at radius 3 is 2.17 bits per heavy atom. The molecule has 2 fully saturated rings. The topological polar surface area (TPSA) is 208 Å². The second-order valence-corrected chi connectivity index (χ2v) is 19.4. The summed E-state index contributed by atoms with van der Waals surface area (Å²) in [7, 11) is -4.67. The Kier molecular flexibility index (Phi) is 19.4. The number of anilines is 1. The summed E-state index contributed by atoms with van der Waals surface area (Å²) < 4.78 is 65.8. The third-order valence-corrected chi connectivity index (χ3v) is 13.4. The summed E-state index contributed by atoms with van der Waals surface area (Å²) in [5, 5.41) is 24.6. The fourth-order valence-corrected chi connectivity index (χ4v) is 9.76. The van der Waals surface area contributed by atoms with E-state index in [9.17, 15) is 15.1 Å². The third kappa shape index (κ3) is 14.3. The lowest BCUT2D eigenvalue weighted by molar-refractivity contribution is -0.204. The number of pyridine rings is 1. The summed E-state index contributed by atoms with van der Waals surface area (Å²) in [4.78, 5) is 8.18. The van der Waals surface area contributed by atoms with Gasteiger partial charge in [-0.2, -0.15) is 15.6 Å². The Morgan fingerprint density at radius 2 is 1.53 bits per heavy atom. The maximum atomic E-state index is 14.8. The first-order valence-corrected chi connectivity index (χ1v) is 25.3. The van der Waals surface area contributed by atoms with E-state index in [4.69, 9.17) is 54.6 Å². The average Bonchev–Trinajstić information content (AvgIpc) is 3.98. The van der Waals surface area contributed by atoms with E-state index in [1.165, 1.54) is 108 Å². The van der Waals surface area contributed by atoms with Crippen LogP contribution in [0.15, 0.2) is 61.1 Å². The van der Waals surface area contributed by atoms with Gasteiger partial charge in [-0.1, -0.05) is 127 Å². The molecule has 3 aromatic heterocycles. The van der Waals surface area contributed by atoms with Gasteiger partial charge in [0.2, 0.25) is 5.60 Å². The van der Waals surface area contributed by atoms with Crippen LogP contribution in [0.2, 0.25) is 5.02 Å². The van der Waals surface area contributed by atoms with E-state index in [1.807, 2.05) is 6.07 Å². The SMILES string of the molecule is CCCCCCCCCCCCCCCCCCOCC(COP(=O)(OC[C@@]1(C#N)O[C@@H](c2ccc3c(N)ncnn23)[C@@H]2OC(C)(C)O[C@@H]21)Oc1ccccc1Cl)Oc1ccc(C#N)nc1. The highest BCUT2D eigenvalue weighted by atomic mass is 35.5. The molecule has 0 radical (unpaired) electrons. The van der Waals surface area contributed by atoms with Crippen LogP contribution in [0.1, 0.15) is 141 Å². The molecule has 5 heterocycles. The van der Waals surface area contributed by atoms with E-state index in [0.717, 1.165) is 19.3 Å². The van der Waals surface area contributed by atoms with Gasteiger partial charge in [0.25, 0.3) is 0 Å². The number of nitrogens with zero attached hydrogens (tertiary/aromatic N) is 6. The third-order valence-electron chi connectivity index (χ3n) is 11.7. The van der Waals surface area contributed by atoms with E-state index in [-0.39, 0.29) is 35.5 Å². The summed E-state index contributed by atoms with van der Waals surface area (Å²) in [6.07, 6.45) is 19.5. The lowest BCUT2D eigenvalue weighted by Gasteiger charge is -2.30. The van der Waals surface area contributed by atoms with Crippen molar-refractivity contribution in [3.63, 3.8) is 0 Å². The molecular formula is C48H65ClN7O9P. The number of fused-ring (bicyclic) bond motifs is 2. The lowest BCUT2D eigenvalue weighted by atomic mass is 9.96. The number of aromatic nitrogens is 4. The van der Waals surface area contributed by atoms with Crippen molar-refractivity contribution in [2.24, 2.45) is 0 Å². The molecule has 2 saturated heterocycles. The standard InChI is InChI=1S/C48H65ClN7O9P/c1-4-5-6-7-8-9-10-11-12-13-14-15-16-17-18-21-28-58-31-38(61-37-25-24-36(29-50)53-30-37)32-59-66(57,65-42-23-20-19-22-39(42)49)60-34-48(33-51)45-44(62-47(2,3)64-45)43(63-48)40-26-27-41-46(52)54-35-55-56(40)41/h19-20,22-27,30,35,38,43-45H,4-18,21,28,31-32,34H2,1-3H3,(H2,52,54,55)/t38?,43-,44-,45-,48+,66?/m0/s1. The summed E-state index contributed by atoms with van der Waals surface area (Å²) >= 11 is 6.47. The predicted molar refractivity (Wildman–Crippen MR) is 249 cm³/mol. The molecule has 6 atom stereocenters. The molecule has 358 valence electrons. The van der Waals surface area contributed by atoms with Gasteiger partial charge in [-0.15, -0.1) is 0 Å². The van der Waals surface area contributed by atoms with Crippen LogP contribution in [0, 0.1) is 22.7 Å². The van der Waals surface area contributed by atoms with Crippen molar-refractivity contribution in [1.82, 2.24) is 19.6 Å². The molecule has 66 heavy (non-hydrogen) atoms. The largest absolute Gasteiger partial charge is 0.530 e. The van der Waals surface area contributed by atoms with Gasteiger partial charge in [0, 0.05) is 6.61 Å². The number of phosphoric ester groups is 1. The molecule has 0 bridgehead atoms. The van der Waals surface area contributed by atoms with Crippen LogP contribution in [-0.2, 0) is 32.6 Å². The minimum Gasteiger partial charge on any atom is -0.484 e. The maximum absolute atomic E-state index is 14.8. The van der Waals surface area contributed by atoms with Crippen molar-refractivity contribution in [3.05, 3.63) is 77.5 Å². The minimum atomic E-state index is -4.67. The summed E-state index contributed by atoms with van der Waals surface area (Å²) in [6.45, 7) is 5.27. The number of ether oxygens (including phenoxy) is 5. The number of nitriles is 2. The lowest BCUT2D eigenvalue weighted by Crippen LogP contribution is -2.46. The van der Waals surface area contributed by atoms with Gasteiger partial charge >= 0.3 is 7.82 Å². The number of hydrogen-bond acceptors (Lipinski definition) is 15. The van der Waals surface area contributed by atoms with Gasteiger partial charge in [0.05, 0.1) is 30.1 Å². The predicted octanol–water partition coefficient (Wildman–Crippen LogP) is 11.0. The summed E-state index contributed by atoms with van der Waals surface area (Å²) in [5.41, 5.74) is 5.51. The molecule has 18 heteroatoms. The van der Waals surface area contributed by atoms with Crippen molar-refractivity contribution in [3.8, 4) is 23.6 Å². The van der Waals surface area contributed by atoms with Crippen LogP contribution in [0.3, 0.4) is 0 Å². The van der Waals surface area contributed by atoms with Crippen LogP contribution in [-0.4, -0.2) is 75.7 Å². The Bertz CT molecular complexity index is 2250. The molecule has 2 N–H and O–H groups in total. The van der Waals surface area contributed by atoms with E-state index < -0.39 is 50.2 Å². The molecular weight excluding hydrogens is 885 g/mol. The second kappa shape index (κ2) is 25.1. The summed E-state index contributed by atoms with van der Waals surface area (Å²) in [6, 6.07) is 17.2. The Labute approximate surface area is 393 Å². The smallest absolute Gasteiger partial charge is 0.484 e. The fraction of sp³-hybridized carbons (Fsp3) is 0.604. The zero-order chi connectivity index (χ0) is 46.8. The number of benzene rings is 1. The van der Waals surface area contributed by atoms with E-state index in [0.29, 0.717) is 23.6 Å². The first-order valence-electron chi connectivity index (χ1n) is 23.5. The van der Waals surface area contributed by atoms with Gasteiger partial charge in [-0.05, 0) is 56.7 Å². The molecule has 2 aliphatic rings. The van der Waals surface area contributed by atoms with Crippen molar-refractivity contribution in [2.75, 3.05) is 32.2 Å². The van der Waals surface area contributed by atoms with Crippen molar-refractivity contribution < 1.29 is 41.8 Å². The molecule has 2 aliphatic heterocycles. The minimum absolute atomic E-state index is 0.0172. The fourth-order valence-electron chi connectivity index (χ4n) is 8.26. The van der Waals surface area contributed by atoms with E-state index >= 15 is 0 Å². The first-order chi connectivity index (χ1) is 32.0. The number of unbranched alkanes of at least 4 members (excludes halogenated alkanes) is 15. The van der Waals surface area contributed by atoms with Crippen molar-refractivity contribution in [2.45, 2.75) is 159 Å². The van der Waals surface area contributed by atoms with Gasteiger partial charge in [0.1, 0.15) is 72.2 Å². The van der Waals surface area contributed by atoms with Gasteiger partial charge in [0.15, 0.2) is 11.6 Å². The van der Waals surface area contributed by atoms with Crippen LogP contribution in [0.4, 0.5) is 5.82 Å². The zero-order valence-electron chi connectivity index (χ0n) is 38.5. The maximum Gasteiger partial charge on any atom is 0.530 e. The highest BCUT2D eigenvalue weighted by molar-refractivity contribution is 7.49. The average molecular weight is 951 g/mol. The molecule has 6 rings (SSSR count). The first kappa shape index (κ1) is 51.0. The van der Waals surface area contributed by atoms with Gasteiger partial charge < -0.3 is 33.9 Å². The normalized spacial score (nSPS) is 21.2. The number of para-hydroxylation sites is 1. The number of nitrogen functional groups attached to an aromatic ring is 1. The van der Waals surface area contributed by atoms with Gasteiger partial charge in [-0.25, -0.2) is 19.0 Å². The zero-order valence-corrected chi connectivity index (χ0v) is 40.1. The molecule has 4 aromatic rings. The van der Waals surface area contributed by atoms with E-state index in [2.05, 4.69) is 28.1 Å². The van der Waals surface area contributed by atoms with Crippen LogP contribution < -0.4 is 15.0 Å². The van der Waals surface area contributed by atoms with Crippen LogP contribution >= 0.6 is 19.4 Å². The Hall–Kier alpha value is -4.35. The van der Waals surface area contributed by atoms with Crippen LogP contribution in [0.5, 0.6) is 11.5 Å². The molecule has 2 unspecified atom stereocenters. The number of phosphoric acid groups is 1. The Balaban J connectivity index is 1.06. The number of nitrogens with two attached hydrogens (primary N) is 1. The summed E-state index contributed by atoms with van der Waals surface area (Å²) in [5.74, 6) is -0.514. The number of rotatable bonds is 30. The monoisotopic (exact) mass is 949 g/mol. The highest BCUT2D eigenvalue weighted by Gasteiger charge is 2.65. The van der Waals surface area contributed by atoms with Crippen LogP contribution in [0.25, 0.3) is 5.52 Å². The highest BCUT2D eigenvalue weighted by Crippen LogP contribution is 2.55. The Morgan fingerprint density at radius 1 is 0.848 bits per heavy atom. The quantitative estimate of drug-likeness (QED) is 0.0381. The molecule has 1 aromatic carbocycles. The molecule has 16 nitrogen and oxygen atoms in total. The molecule has 0 saturated carbocycles. The molecule has 0 amide bonds. The molecule has 0 aliphatic carbocycles. The van der Waals surface area contributed by atoms with Crippen molar-refractivity contribution in [1.29, 1.82) is 10.5 Å². The molecule has 0 spiro atoms. The van der Waals surface area contributed by atoms with Crippen molar-refractivity contribution >= 4 is 30.8 Å². The van der Waals surface area contributed by atoms with Gasteiger partial charge in [-0.3, -0.25) is 9.05 Å². The number of halogens is 1. The van der Waals surface area contributed by atoms with E-state index in [1.54, 1.807) is 54.8 Å². The number of hydrogen-bond donors (Lipinski definition) is 1. The second-order valence-electron chi connectivity index (χ2n) is 17.4.